The van der Waals surface area contributed by atoms with E-state index in [2.05, 4.69) is 28.4 Å². The van der Waals surface area contributed by atoms with Crippen molar-refractivity contribution in [3.05, 3.63) is 0 Å². The molecule has 0 aromatic rings. The summed E-state index contributed by atoms with van der Waals surface area (Å²) in [5.74, 6) is 0.567. The van der Waals surface area contributed by atoms with Gasteiger partial charge in [-0.1, -0.05) is 26.1 Å². The third-order valence-corrected chi connectivity index (χ3v) is 33.8. The molecule has 4 unspecified atom stereocenters. The summed E-state index contributed by atoms with van der Waals surface area (Å²) in [7, 11) is 3.67. The first-order valence-corrected chi connectivity index (χ1v) is 33.0. The van der Waals surface area contributed by atoms with Gasteiger partial charge in [0.25, 0.3) is 8.48 Å². The second kappa shape index (κ2) is 22.6. The molecular formula is C38H86N4O9Si5. The van der Waals surface area contributed by atoms with E-state index in [9.17, 15) is 0 Å². The highest BCUT2D eigenvalue weighted by atomic mass is 28.4. The summed E-state index contributed by atoms with van der Waals surface area (Å²) >= 11 is 0. The Morgan fingerprint density at radius 1 is 0.714 bits per heavy atom. The summed E-state index contributed by atoms with van der Waals surface area (Å²) in [4.78, 5) is 0. The molecule has 0 aromatic carbocycles. The summed E-state index contributed by atoms with van der Waals surface area (Å²) in [6, 6.07) is 3.61. The lowest BCUT2D eigenvalue weighted by Gasteiger charge is -2.51. The lowest BCUT2D eigenvalue weighted by atomic mass is 9.67. The minimum absolute atomic E-state index is 0.148. The standard InChI is InChI=1S/C38H86N4O9Si5/c1-43-53(28-17-27-42(53)52(10,11)12)36(19-24-37(34-40)21-13-18-35(32-37)33-39)20-25-38(22-14-30-55(46-4,47-5)48-6,23-15-31-56(49-7,50-8)51-9)41-26-16-29-54(41,44-2)45-3/h35-36H,13-34,39-40H2,1-12H3. The van der Waals surface area contributed by atoms with Gasteiger partial charge in [-0.3, -0.25) is 4.57 Å². The molecule has 0 bridgehead atoms. The minimum Gasteiger partial charge on any atom is -0.406 e. The van der Waals surface area contributed by atoms with E-state index in [-0.39, 0.29) is 11.0 Å². The quantitative estimate of drug-likeness (QED) is 0.0814. The monoisotopic (exact) mass is 883 g/mol. The molecule has 0 spiro atoms. The van der Waals surface area contributed by atoms with E-state index in [0.29, 0.717) is 11.5 Å². The fourth-order valence-electron chi connectivity index (χ4n) is 11.4. The average Bonchev–Trinajstić information content (AvgIpc) is 3.88. The lowest BCUT2D eigenvalue weighted by molar-refractivity contribution is 0.0676. The zero-order valence-electron chi connectivity index (χ0n) is 37.9. The molecule has 1 saturated carbocycles. The topological polar surface area (TPSA) is 142 Å². The normalized spacial score (nSPS) is 26.4. The third-order valence-electron chi connectivity index (χ3n) is 14.6. The van der Waals surface area contributed by atoms with Crippen LogP contribution in [0.15, 0.2) is 0 Å². The van der Waals surface area contributed by atoms with Crippen molar-refractivity contribution in [2.45, 2.75) is 145 Å². The zero-order valence-corrected chi connectivity index (χ0v) is 42.9. The summed E-state index contributed by atoms with van der Waals surface area (Å²) in [6.07, 6.45) is 15.1. The summed E-state index contributed by atoms with van der Waals surface area (Å²) < 4.78 is 61.6. The van der Waals surface area contributed by atoms with E-state index in [1.165, 1.54) is 31.7 Å². The van der Waals surface area contributed by atoms with Crippen molar-refractivity contribution in [2.75, 3.05) is 90.2 Å². The van der Waals surface area contributed by atoms with Gasteiger partial charge in [0.15, 0.2) is 0 Å². The fraction of sp³-hybridized carbons (Fsp3) is 1.00. The van der Waals surface area contributed by atoms with E-state index in [1.54, 1.807) is 42.7 Å². The molecule has 18 heteroatoms. The van der Waals surface area contributed by atoms with Crippen molar-refractivity contribution in [2.24, 2.45) is 22.8 Å². The maximum Gasteiger partial charge on any atom is 0.500 e. The van der Waals surface area contributed by atoms with Crippen molar-refractivity contribution < 1.29 is 39.8 Å². The molecular weight excluding hydrogens is 797 g/mol. The van der Waals surface area contributed by atoms with Gasteiger partial charge in [0.2, 0.25) is 0 Å². The molecule has 3 rings (SSSR count). The van der Waals surface area contributed by atoms with Gasteiger partial charge in [-0.25, -0.2) is 0 Å². The molecule has 0 radical (unpaired) electrons. The molecule has 56 heavy (non-hydrogen) atoms. The second-order valence-electron chi connectivity index (χ2n) is 18.0. The Morgan fingerprint density at radius 3 is 1.73 bits per heavy atom. The van der Waals surface area contributed by atoms with Crippen LogP contribution < -0.4 is 11.5 Å². The van der Waals surface area contributed by atoms with Crippen LogP contribution in [-0.2, 0) is 39.8 Å². The Balaban J connectivity index is 2.16. The number of rotatable bonds is 28. The minimum atomic E-state index is -2.81. The van der Waals surface area contributed by atoms with Crippen LogP contribution in [0.5, 0.6) is 0 Å². The van der Waals surface area contributed by atoms with Crippen LogP contribution in [0.1, 0.15) is 89.9 Å². The molecule has 0 aromatic heterocycles. The summed E-state index contributed by atoms with van der Waals surface area (Å²) in [6.45, 7) is 11.2. The molecule has 2 aliphatic heterocycles. The van der Waals surface area contributed by atoms with Crippen LogP contribution in [0.25, 0.3) is 0 Å². The van der Waals surface area contributed by atoms with Gasteiger partial charge >= 0.3 is 26.3 Å². The first-order valence-electron chi connectivity index (χ1n) is 21.6. The maximum absolute atomic E-state index is 7.07. The number of nitrogens with two attached hydrogens (primary N) is 2. The molecule has 332 valence electrons. The molecule has 3 aliphatic rings. The van der Waals surface area contributed by atoms with Gasteiger partial charge in [-0.2, -0.15) is 0 Å². The third kappa shape index (κ3) is 11.5. The van der Waals surface area contributed by atoms with Gasteiger partial charge in [0, 0.05) is 87.7 Å². The van der Waals surface area contributed by atoms with Crippen molar-refractivity contribution in [1.82, 2.24) is 8.80 Å². The van der Waals surface area contributed by atoms with Crippen LogP contribution in [-0.4, -0.2) is 148 Å². The molecule has 1 aliphatic carbocycles. The number of hydrogen-bond acceptors (Lipinski definition) is 13. The molecule has 2 heterocycles. The Bertz CT molecular complexity index is 1100. The number of hydrogen-bond donors (Lipinski definition) is 2. The highest BCUT2D eigenvalue weighted by Crippen LogP contribution is 2.51. The molecule has 13 nitrogen and oxygen atoms in total. The maximum atomic E-state index is 7.07. The smallest absolute Gasteiger partial charge is 0.406 e. The molecule has 0 amide bonds. The first kappa shape index (κ1) is 50.9. The largest absolute Gasteiger partial charge is 0.500 e. The predicted molar refractivity (Wildman–Crippen MR) is 237 cm³/mol. The van der Waals surface area contributed by atoms with Crippen LogP contribution in [0.3, 0.4) is 0 Å². The van der Waals surface area contributed by atoms with Crippen molar-refractivity contribution in [3.63, 3.8) is 0 Å². The average molecular weight is 884 g/mol. The van der Waals surface area contributed by atoms with Gasteiger partial charge in [0.1, 0.15) is 8.24 Å². The van der Waals surface area contributed by atoms with E-state index in [1.807, 2.05) is 21.3 Å². The molecule has 4 N–H and O–H groups in total. The van der Waals surface area contributed by atoms with Gasteiger partial charge in [-0.15, -0.1) is 0 Å². The second-order valence-corrected chi connectivity index (χ2v) is 36.8. The lowest BCUT2D eigenvalue weighted by Crippen LogP contribution is -2.65. The van der Waals surface area contributed by atoms with Crippen LogP contribution in [0, 0.1) is 11.3 Å². The van der Waals surface area contributed by atoms with E-state index < -0.39 is 43.0 Å². The highest BCUT2D eigenvalue weighted by Gasteiger charge is 2.59. The summed E-state index contributed by atoms with van der Waals surface area (Å²) in [5, 5.41) is 0. The Hall–Kier alpha value is 0.564. The van der Waals surface area contributed by atoms with Gasteiger partial charge in [-0.05, 0) is 133 Å². The molecule has 2 saturated heterocycles. The SMILES string of the molecule is CO[Si](CCCC(CCC[Si](OC)(OC)OC)(CCC(CCC1(CN)CCCC(CN)C1)[Si]1(OC)CCCN1[Si](C)(C)C)N1CCC[Si]1(OC)OC)(OC)OC. The first-order chi connectivity index (χ1) is 26.7. The van der Waals surface area contributed by atoms with Crippen molar-refractivity contribution >= 4 is 43.0 Å². The zero-order chi connectivity index (χ0) is 41.7. The summed E-state index contributed by atoms with van der Waals surface area (Å²) in [5.41, 5.74) is 13.4. The van der Waals surface area contributed by atoms with Gasteiger partial charge < -0.3 is 55.5 Å². The van der Waals surface area contributed by atoms with Crippen LogP contribution in [0.4, 0.5) is 0 Å². The van der Waals surface area contributed by atoms with E-state index in [4.69, 9.17) is 51.3 Å². The number of nitrogens with zero attached hydrogens (tertiary/aromatic N) is 2. The molecule has 4 atom stereocenters. The van der Waals surface area contributed by atoms with Crippen molar-refractivity contribution in [1.29, 1.82) is 0 Å². The van der Waals surface area contributed by atoms with Crippen LogP contribution >= 0.6 is 0 Å². The molecule has 3 fully saturated rings. The predicted octanol–water partition coefficient (Wildman–Crippen LogP) is 6.63. The fourth-order valence-corrected chi connectivity index (χ4v) is 29.1. The van der Waals surface area contributed by atoms with E-state index in [0.717, 1.165) is 109 Å². The highest BCUT2D eigenvalue weighted by molar-refractivity contribution is 6.89. The Morgan fingerprint density at radius 2 is 1.27 bits per heavy atom. The Labute approximate surface area is 348 Å². The van der Waals surface area contributed by atoms with E-state index >= 15 is 0 Å². The van der Waals surface area contributed by atoms with Gasteiger partial charge in [0.05, 0.1) is 0 Å². The van der Waals surface area contributed by atoms with Crippen molar-refractivity contribution in [3.8, 4) is 0 Å². The van der Waals surface area contributed by atoms with Crippen LogP contribution in [0.2, 0.25) is 49.4 Å². The Kier molecular flexibility index (Phi) is 20.5.